The molecule has 1 aromatic carbocycles. The van der Waals surface area contributed by atoms with E-state index in [2.05, 4.69) is 41.5 Å². The first kappa shape index (κ1) is 22.4. The van der Waals surface area contributed by atoms with E-state index in [9.17, 15) is 4.79 Å². The van der Waals surface area contributed by atoms with Gasteiger partial charge in [0.1, 0.15) is 17.1 Å². The van der Waals surface area contributed by atoms with Crippen LogP contribution in [0.15, 0.2) is 30.5 Å². The minimum absolute atomic E-state index is 0.0500. The van der Waals surface area contributed by atoms with Gasteiger partial charge in [0, 0.05) is 0 Å². The van der Waals surface area contributed by atoms with E-state index in [1.54, 1.807) is 12.1 Å². The number of nitrogens with one attached hydrogen (secondary N) is 1. The van der Waals surface area contributed by atoms with Crippen LogP contribution in [0.4, 0.5) is 5.69 Å². The lowest BCUT2D eigenvalue weighted by atomic mass is 10.1. The molecule has 1 aliphatic rings. The Bertz CT molecular complexity index is 983. The van der Waals surface area contributed by atoms with Crippen molar-refractivity contribution >= 4 is 19.7 Å². The third kappa shape index (κ3) is 5.08. The van der Waals surface area contributed by atoms with Crippen molar-refractivity contribution in [1.29, 1.82) is 0 Å². The number of nitrogens with zero attached hydrogens (tertiary/aromatic N) is 2. The molecule has 1 unspecified atom stereocenters. The normalized spacial score (nSPS) is 13.9. The second-order valence-electron chi connectivity index (χ2n) is 8.06. The lowest BCUT2D eigenvalue weighted by Crippen LogP contribution is -2.39. The van der Waals surface area contributed by atoms with Crippen molar-refractivity contribution in [2.75, 3.05) is 26.1 Å². The summed E-state index contributed by atoms with van der Waals surface area (Å²) in [6, 6.07) is 4.84. The summed E-state index contributed by atoms with van der Waals surface area (Å²) >= 11 is 0. The highest BCUT2D eigenvalue weighted by Crippen LogP contribution is 2.41. The number of fused-ring (bicyclic) bond motifs is 1. The van der Waals surface area contributed by atoms with Gasteiger partial charge in [-0.3, -0.25) is 0 Å². The summed E-state index contributed by atoms with van der Waals surface area (Å²) in [4.78, 5) is 21.6. The maximum Gasteiger partial charge on any atom is 0.345 e. The highest BCUT2D eigenvalue weighted by molar-refractivity contribution is 6.77. The first-order valence-electron chi connectivity index (χ1n) is 9.74. The molecule has 0 aliphatic carbocycles. The van der Waals surface area contributed by atoms with E-state index >= 15 is 0 Å². The van der Waals surface area contributed by atoms with Gasteiger partial charge in [-0.15, -0.1) is 0 Å². The molecule has 2 aromatic rings. The number of hydrogen-bond donors (Lipinski definition) is 1. The Morgan fingerprint density at radius 2 is 1.84 bits per heavy atom. The van der Waals surface area contributed by atoms with E-state index in [1.807, 2.05) is 6.92 Å². The summed E-state index contributed by atoms with van der Waals surface area (Å²) in [5.74, 6) is 0.879. The van der Waals surface area contributed by atoms with Gasteiger partial charge in [0.15, 0.2) is 5.75 Å². The molecule has 1 aromatic heterocycles. The first-order chi connectivity index (χ1) is 14.6. The van der Waals surface area contributed by atoms with Crippen LogP contribution < -0.4 is 24.3 Å². The Hall–Kier alpha value is -3.27. The lowest BCUT2D eigenvalue weighted by Gasteiger charge is -2.27. The Labute approximate surface area is 182 Å². The molecule has 0 saturated carbocycles. The summed E-state index contributed by atoms with van der Waals surface area (Å²) in [6.45, 7) is 12.5. The zero-order valence-electron chi connectivity index (χ0n) is 18.6. The molecule has 10 heteroatoms. The first-order valence-corrected chi connectivity index (χ1v) is 13.3. The van der Waals surface area contributed by atoms with Gasteiger partial charge in [0.2, 0.25) is 11.8 Å². The molecular formula is C21H27N3O6Si. The maximum absolute atomic E-state index is 13.2. The number of carbonyl (C=O) groups is 1. The number of rotatable bonds is 7. The van der Waals surface area contributed by atoms with Crippen molar-refractivity contribution in [3.05, 3.63) is 36.1 Å². The Morgan fingerprint density at radius 3 is 2.42 bits per heavy atom. The SMILES string of the molecule is C=C1CNc2ccc(Oc3nc(OC)cc(OC)n3)c(C(=O)OC(C)[Si](C)(C)C)c2O1. The van der Waals surface area contributed by atoms with Gasteiger partial charge >= 0.3 is 12.0 Å². The number of methoxy groups -OCH3 is 2. The van der Waals surface area contributed by atoms with Gasteiger partial charge < -0.3 is 29.0 Å². The van der Waals surface area contributed by atoms with Crippen molar-refractivity contribution < 1.29 is 28.5 Å². The molecule has 0 fully saturated rings. The zero-order chi connectivity index (χ0) is 22.8. The van der Waals surface area contributed by atoms with Crippen LogP contribution in [0.3, 0.4) is 0 Å². The molecule has 3 rings (SSSR count). The van der Waals surface area contributed by atoms with Crippen LogP contribution in [0.5, 0.6) is 29.3 Å². The van der Waals surface area contributed by atoms with E-state index in [4.69, 9.17) is 23.7 Å². The maximum atomic E-state index is 13.2. The van der Waals surface area contributed by atoms with Gasteiger partial charge in [0.05, 0.1) is 46.3 Å². The molecule has 166 valence electrons. The molecule has 0 bridgehead atoms. The van der Waals surface area contributed by atoms with Gasteiger partial charge in [0.25, 0.3) is 0 Å². The minimum Gasteiger partial charge on any atom is -0.481 e. The van der Waals surface area contributed by atoms with Gasteiger partial charge in [-0.1, -0.05) is 26.2 Å². The quantitative estimate of drug-likeness (QED) is 0.500. The average molecular weight is 446 g/mol. The third-order valence-corrected chi connectivity index (χ3v) is 7.38. The van der Waals surface area contributed by atoms with Crippen molar-refractivity contribution in [2.45, 2.75) is 32.3 Å². The number of carbonyl (C=O) groups excluding carboxylic acids is 1. The molecule has 1 aliphatic heterocycles. The summed E-state index contributed by atoms with van der Waals surface area (Å²) in [7, 11) is 1.20. The fourth-order valence-electron chi connectivity index (χ4n) is 2.60. The highest BCUT2D eigenvalue weighted by Gasteiger charge is 2.32. The molecule has 1 N–H and O–H groups in total. The van der Waals surface area contributed by atoms with Gasteiger partial charge in [-0.25, -0.2) is 4.79 Å². The molecule has 9 nitrogen and oxygen atoms in total. The molecule has 2 heterocycles. The van der Waals surface area contributed by atoms with Crippen molar-refractivity contribution in [1.82, 2.24) is 9.97 Å². The molecule has 31 heavy (non-hydrogen) atoms. The Morgan fingerprint density at radius 1 is 1.19 bits per heavy atom. The van der Waals surface area contributed by atoms with Crippen LogP contribution in [0.1, 0.15) is 17.3 Å². The lowest BCUT2D eigenvalue weighted by molar-refractivity contribution is 0.0449. The summed E-state index contributed by atoms with van der Waals surface area (Å²) in [5.41, 5.74) is 0.537. The predicted molar refractivity (Wildman–Crippen MR) is 118 cm³/mol. The predicted octanol–water partition coefficient (Wildman–Crippen LogP) is 4.03. The molecule has 0 saturated heterocycles. The van der Waals surface area contributed by atoms with Crippen LogP contribution >= 0.6 is 0 Å². The minimum atomic E-state index is -1.74. The van der Waals surface area contributed by atoms with Crippen LogP contribution in [0, 0.1) is 0 Å². The number of anilines is 1. The summed E-state index contributed by atoms with van der Waals surface area (Å²) in [5, 5.41) is 3.17. The monoisotopic (exact) mass is 445 g/mol. The van der Waals surface area contributed by atoms with Crippen molar-refractivity contribution in [3.63, 3.8) is 0 Å². The van der Waals surface area contributed by atoms with Gasteiger partial charge in [-0.2, -0.15) is 9.97 Å². The Balaban J connectivity index is 2.05. The number of aromatic nitrogens is 2. The van der Waals surface area contributed by atoms with Crippen LogP contribution in [0.2, 0.25) is 19.6 Å². The third-order valence-electron chi connectivity index (χ3n) is 4.83. The topological polar surface area (TPSA) is 101 Å². The molecular weight excluding hydrogens is 418 g/mol. The Kier molecular flexibility index (Phi) is 6.39. The molecule has 0 radical (unpaired) electrons. The number of ether oxygens (including phenoxy) is 5. The smallest absolute Gasteiger partial charge is 0.345 e. The van der Waals surface area contributed by atoms with Crippen LogP contribution in [0.25, 0.3) is 0 Å². The van der Waals surface area contributed by atoms with Crippen LogP contribution in [-0.2, 0) is 4.74 Å². The van der Waals surface area contributed by atoms with E-state index < -0.39 is 14.0 Å². The number of hydrogen-bond acceptors (Lipinski definition) is 9. The van der Waals surface area contributed by atoms with Crippen molar-refractivity contribution in [2.24, 2.45) is 0 Å². The molecule has 0 spiro atoms. The summed E-state index contributed by atoms with van der Waals surface area (Å²) < 4.78 is 27.8. The standard InChI is InChI=1S/C21H27N3O6Si/c1-12-11-22-14-8-9-15(30-21-23-16(26-3)10-17(24-21)27-4)18(19(14)28-12)20(25)29-13(2)31(5,6)7/h8-10,13,22H,1,11H2,2-7H3. The number of benzene rings is 1. The fraction of sp³-hybridized carbons (Fsp3) is 0.381. The van der Waals surface area contributed by atoms with E-state index in [0.29, 0.717) is 18.0 Å². The van der Waals surface area contributed by atoms with E-state index in [1.165, 1.54) is 20.3 Å². The summed E-state index contributed by atoms with van der Waals surface area (Å²) in [6.07, 6.45) is 0. The highest BCUT2D eigenvalue weighted by atomic mass is 28.3. The van der Waals surface area contributed by atoms with E-state index in [0.717, 1.165) is 0 Å². The van der Waals surface area contributed by atoms with Crippen molar-refractivity contribution in [3.8, 4) is 29.3 Å². The largest absolute Gasteiger partial charge is 0.481 e. The second kappa shape index (κ2) is 8.84. The van der Waals surface area contributed by atoms with E-state index in [-0.39, 0.29) is 40.6 Å². The average Bonchev–Trinajstić information content (AvgIpc) is 2.72. The number of esters is 1. The second-order valence-corrected chi connectivity index (χ2v) is 13.6. The molecule has 1 atom stereocenters. The fourth-order valence-corrected chi connectivity index (χ4v) is 3.06. The van der Waals surface area contributed by atoms with Gasteiger partial charge in [-0.05, 0) is 19.1 Å². The zero-order valence-corrected chi connectivity index (χ0v) is 19.6. The van der Waals surface area contributed by atoms with Crippen LogP contribution in [-0.4, -0.2) is 50.5 Å². The molecule has 0 amide bonds.